The molecular weight excluding hydrogens is 418 g/mol. The van der Waals surface area contributed by atoms with Crippen molar-refractivity contribution < 1.29 is 17.9 Å². The number of oxazole rings is 1. The Kier molecular flexibility index (Phi) is 4.77. The minimum absolute atomic E-state index is 0.0353. The first-order chi connectivity index (χ1) is 14.9. The number of aromatic hydroxyl groups is 1. The molecule has 160 valence electrons. The van der Waals surface area contributed by atoms with E-state index in [9.17, 15) is 13.5 Å². The molecule has 4 heterocycles. The first kappa shape index (κ1) is 19.7. The third-order valence-electron chi connectivity index (χ3n) is 5.59. The number of hydrogen-bond donors (Lipinski definition) is 2. The Morgan fingerprint density at radius 2 is 1.90 bits per heavy atom. The Labute approximate surface area is 179 Å². The van der Waals surface area contributed by atoms with E-state index in [1.54, 1.807) is 12.3 Å². The number of rotatable bonds is 4. The molecule has 2 N–H and O–H groups in total. The first-order valence-electron chi connectivity index (χ1n) is 9.82. The zero-order valence-corrected chi connectivity index (χ0v) is 17.6. The van der Waals surface area contributed by atoms with Gasteiger partial charge >= 0.3 is 0 Å². The number of piperazine rings is 1. The number of likely N-dealkylation sites (N-methyl/N-ethyl adjacent to an activating group) is 1. The average molecular weight is 439 g/mol. The number of hydrogen-bond acceptors (Lipinski definition) is 7. The van der Waals surface area contributed by atoms with Gasteiger partial charge < -0.3 is 19.4 Å². The van der Waals surface area contributed by atoms with Crippen molar-refractivity contribution in [1.29, 1.82) is 0 Å². The number of aromatic amines is 1. The van der Waals surface area contributed by atoms with Gasteiger partial charge in [0.2, 0.25) is 10.0 Å². The third-order valence-corrected chi connectivity index (χ3v) is 7.47. The molecule has 0 radical (unpaired) electrons. The van der Waals surface area contributed by atoms with Crippen molar-refractivity contribution in [2.24, 2.45) is 0 Å². The predicted molar refractivity (Wildman–Crippen MR) is 115 cm³/mol. The SMILES string of the molecule is CN1CCN(S(=O)(=O)c2ccc(-c3c(O)[nH]c4ccc(-c5cnco5)cc34)nc2)CC1. The molecule has 1 aliphatic heterocycles. The quantitative estimate of drug-likeness (QED) is 0.502. The highest BCUT2D eigenvalue weighted by atomic mass is 32.2. The van der Waals surface area contributed by atoms with Crippen LogP contribution in [0.3, 0.4) is 0 Å². The lowest BCUT2D eigenvalue weighted by Gasteiger charge is -2.31. The van der Waals surface area contributed by atoms with E-state index in [0.29, 0.717) is 43.2 Å². The van der Waals surface area contributed by atoms with Gasteiger partial charge in [0, 0.05) is 48.8 Å². The molecule has 0 aliphatic carbocycles. The molecule has 1 saturated heterocycles. The van der Waals surface area contributed by atoms with Crippen LogP contribution in [0.25, 0.3) is 33.5 Å². The summed E-state index contributed by atoms with van der Waals surface area (Å²) in [7, 11) is -1.63. The molecule has 3 aromatic heterocycles. The Bertz CT molecular complexity index is 1320. The zero-order valence-electron chi connectivity index (χ0n) is 16.8. The maximum absolute atomic E-state index is 12.9. The Morgan fingerprint density at radius 1 is 1.10 bits per heavy atom. The van der Waals surface area contributed by atoms with Crippen LogP contribution in [0, 0.1) is 0 Å². The summed E-state index contributed by atoms with van der Waals surface area (Å²) in [6, 6.07) is 8.73. The first-order valence-corrected chi connectivity index (χ1v) is 11.3. The number of fused-ring (bicyclic) bond motifs is 1. The zero-order chi connectivity index (χ0) is 21.6. The molecule has 0 saturated carbocycles. The van der Waals surface area contributed by atoms with Crippen LogP contribution in [0.15, 0.2) is 58.4 Å². The molecule has 5 rings (SSSR count). The Hall–Kier alpha value is -3.21. The van der Waals surface area contributed by atoms with Crippen molar-refractivity contribution >= 4 is 20.9 Å². The van der Waals surface area contributed by atoms with Gasteiger partial charge in [-0.05, 0) is 37.4 Å². The van der Waals surface area contributed by atoms with Gasteiger partial charge in [-0.25, -0.2) is 13.4 Å². The van der Waals surface area contributed by atoms with E-state index in [1.165, 1.54) is 23.0 Å². The fourth-order valence-corrected chi connectivity index (χ4v) is 5.17. The molecule has 0 bridgehead atoms. The third kappa shape index (κ3) is 3.48. The Morgan fingerprint density at radius 3 is 2.58 bits per heavy atom. The lowest BCUT2D eigenvalue weighted by molar-refractivity contribution is 0.222. The number of nitrogens with one attached hydrogen (secondary N) is 1. The molecule has 4 aromatic rings. The van der Waals surface area contributed by atoms with Gasteiger partial charge in [-0.15, -0.1) is 0 Å². The highest BCUT2D eigenvalue weighted by molar-refractivity contribution is 7.89. The van der Waals surface area contributed by atoms with Gasteiger partial charge in [0.05, 0.1) is 17.5 Å². The fourth-order valence-electron chi connectivity index (χ4n) is 3.81. The number of sulfonamides is 1. The van der Waals surface area contributed by atoms with E-state index < -0.39 is 10.0 Å². The van der Waals surface area contributed by atoms with Crippen molar-refractivity contribution in [3.05, 3.63) is 49.1 Å². The number of H-pyrrole nitrogens is 1. The average Bonchev–Trinajstić information content (AvgIpc) is 3.41. The van der Waals surface area contributed by atoms with Crippen LogP contribution in [0.1, 0.15) is 0 Å². The van der Waals surface area contributed by atoms with Crippen LogP contribution in [-0.4, -0.2) is 70.9 Å². The molecule has 31 heavy (non-hydrogen) atoms. The van der Waals surface area contributed by atoms with Gasteiger partial charge in [0.25, 0.3) is 0 Å². The lowest BCUT2D eigenvalue weighted by Crippen LogP contribution is -2.47. The van der Waals surface area contributed by atoms with E-state index in [4.69, 9.17) is 4.42 Å². The van der Waals surface area contributed by atoms with E-state index >= 15 is 0 Å². The van der Waals surface area contributed by atoms with Gasteiger partial charge in [-0.1, -0.05) is 0 Å². The van der Waals surface area contributed by atoms with Crippen molar-refractivity contribution in [3.8, 4) is 28.5 Å². The summed E-state index contributed by atoms with van der Waals surface area (Å²) in [6.45, 7) is 2.30. The summed E-state index contributed by atoms with van der Waals surface area (Å²) in [5.74, 6) is 0.571. The minimum atomic E-state index is -3.61. The number of benzene rings is 1. The molecular formula is C21H21N5O4S. The van der Waals surface area contributed by atoms with Crippen LogP contribution >= 0.6 is 0 Å². The molecule has 1 fully saturated rings. The monoisotopic (exact) mass is 439 g/mol. The Balaban J connectivity index is 1.51. The summed E-state index contributed by atoms with van der Waals surface area (Å²) in [5.41, 5.74) is 2.50. The minimum Gasteiger partial charge on any atom is -0.494 e. The second kappa shape index (κ2) is 7.49. The van der Waals surface area contributed by atoms with Gasteiger partial charge in [-0.3, -0.25) is 4.98 Å². The normalized spacial score (nSPS) is 16.2. The van der Waals surface area contributed by atoms with Crippen molar-refractivity contribution in [2.75, 3.05) is 33.2 Å². The highest BCUT2D eigenvalue weighted by Gasteiger charge is 2.28. The van der Waals surface area contributed by atoms with Crippen LogP contribution in [0.5, 0.6) is 5.88 Å². The van der Waals surface area contributed by atoms with E-state index in [1.807, 2.05) is 25.2 Å². The summed E-state index contributed by atoms with van der Waals surface area (Å²) in [6.07, 6.45) is 4.32. The summed E-state index contributed by atoms with van der Waals surface area (Å²) in [5, 5.41) is 11.2. The lowest BCUT2D eigenvalue weighted by atomic mass is 10.1. The van der Waals surface area contributed by atoms with Crippen molar-refractivity contribution in [2.45, 2.75) is 4.90 Å². The number of aromatic nitrogens is 3. The summed E-state index contributed by atoms with van der Waals surface area (Å²) >= 11 is 0. The van der Waals surface area contributed by atoms with Crippen LogP contribution in [0.4, 0.5) is 0 Å². The van der Waals surface area contributed by atoms with Crippen LogP contribution in [-0.2, 0) is 10.0 Å². The van der Waals surface area contributed by atoms with Crippen molar-refractivity contribution in [1.82, 2.24) is 24.2 Å². The van der Waals surface area contributed by atoms with Crippen LogP contribution in [0.2, 0.25) is 0 Å². The van der Waals surface area contributed by atoms with Gasteiger partial charge in [-0.2, -0.15) is 4.31 Å². The highest BCUT2D eigenvalue weighted by Crippen LogP contribution is 2.37. The number of pyridine rings is 1. The molecule has 9 nitrogen and oxygen atoms in total. The summed E-state index contributed by atoms with van der Waals surface area (Å²) < 4.78 is 32.7. The predicted octanol–water partition coefficient (Wildman–Crippen LogP) is 2.53. The van der Waals surface area contributed by atoms with Gasteiger partial charge in [0.1, 0.15) is 4.90 Å². The molecule has 0 amide bonds. The number of nitrogens with zero attached hydrogens (tertiary/aromatic N) is 4. The molecule has 1 aliphatic rings. The molecule has 0 spiro atoms. The smallest absolute Gasteiger partial charge is 0.244 e. The molecule has 0 unspecified atom stereocenters. The molecule has 1 aromatic carbocycles. The summed E-state index contributed by atoms with van der Waals surface area (Å²) in [4.78, 5) is 13.5. The van der Waals surface area contributed by atoms with Crippen molar-refractivity contribution in [3.63, 3.8) is 0 Å². The topological polar surface area (TPSA) is 116 Å². The maximum Gasteiger partial charge on any atom is 0.244 e. The molecule has 10 heteroatoms. The second-order valence-electron chi connectivity index (χ2n) is 7.56. The largest absolute Gasteiger partial charge is 0.494 e. The second-order valence-corrected chi connectivity index (χ2v) is 9.50. The van der Waals surface area contributed by atoms with E-state index in [-0.39, 0.29) is 10.8 Å². The fraction of sp³-hybridized carbons (Fsp3) is 0.238. The van der Waals surface area contributed by atoms with E-state index in [2.05, 4.69) is 19.9 Å². The molecule has 0 atom stereocenters. The van der Waals surface area contributed by atoms with Crippen LogP contribution < -0.4 is 0 Å². The maximum atomic E-state index is 12.9. The van der Waals surface area contributed by atoms with Gasteiger partial charge in [0.15, 0.2) is 18.0 Å². The van der Waals surface area contributed by atoms with E-state index in [0.717, 1.165) is 16.5 Å². The standard InChI is InChI=1S/C21H21N5O4S/c1-25-6-8-26(9-7-25)31(28,29)15-3-5-18(23-11-15)20-16-10-14(19-12-22-13-30-19)2-4-17(16)24-21(20)27/h2-5,10-13,24,27H,6-9H2,1H3.